The number of hydrogen-bond donors (Lipinski definition) is 0. The van der Waals surface area contributed by atoms with E-state index in [0.717, 1.165) is 55.6 Å². The van der Waals surface area contributed by atoms with Crippen molar-refractivity contribution in [1.29, 1.82) is 0 Å². The molecule has 9 rings (SSSR count). The van der Waals surface area contributed by atoms with Crippen molar-refractivity contribution in [3.05, 3.63) is 150 Å². The first-order valence-corrected chi connectivity index (χ1v) is 19.2. The van der Waals surface area contributed by atoms with E-state index in [-0.39, 0.29) is 38.6 Å². The molecule has 1 saturated carbocycles. The van der Waals surface area contributed by atoms with Gasteiger partial charge in [0.15, 0.2) is 0 Å². The van der Waals surface area contributed by atoms with E-state index in [9.17, 15) is 0 Å². The zero-order valence-electron chi connectivity index (χ0n) is 31.7. The fourth-order valence-electron chi connectivity index (χ4n) is 8.15. The van der Waals surface area contributed by atoms with Crippen molar-refractivity contribution in [2.75, 3.05) is 0 Å². The molecule has 1 fully saturated rings. The molecule has 2 atom stereocenters. The number of benzene rings is 4. The second-order valence-corrected chi connectivity index (χ2v) is 15.8. The summed E-state index contributed by atoms with van der Waals surface area (Å²) in [7, 11) is 0. The topological polar surface area (TPSA) is 61.5 Å². The molecule has 55 heavy (non-hydrogen) atoms. The average Bonchev–Trinajstić information content (AvgIpc) is 3.79. The van der Waals surface area contributed by atoms with Crippen molar-refractivity contribution in [3.63, 3.8) is 0 Å². The summed E-state index contributed by atoms with van der Waals surface area (Å²) in [4.78, 5) is 14.9. The summed E-state index contributed by atoms with van der Waals surface area (Å²) in [6, 6.07) is 42.8. The minimum atomic E-state index is -0.164. The largest absolute Gasteiger partial charge is 2.00 e. The molecule has 0 radical (unpaired) electrons. The predicted molar refractivity (Wildman–Crippen MR) is 217 cm³/mol. The van der Waals surface area contributed by atoms with E-state index < -0.39 is 0 Å². The molecule has 4 heterocycles. The van der Waals surface area contributed by atoms with Crippen molar-refractivity contribution < 1.29 is 30.5 Å². The molecule has 278 valence electrons. The van der Waals surface area contributed by atoms with Gasteiger partial charge >= 0.3 is 21.1 Å². The van der Waals surface area contributed by atoms with E-state index in [1.165, 1.54) is 37.7 Å². The molecule has 6 nitrogen and oxygen atoms in total. The zero-order valence-corrected chi connectivity index (χ0v) is 33.9. The number of hydrogen-bond acceptors (Lipinski definition) is 5. The molecule has 7 aromatic rings. The first kappa shape index (κ1) is 36.9. The van der Waals surface area contributed by atoms with Crippen molar-refractivity contribution in [3.8, 4) is 28.4 Å². The second-order valence-electron chi connectivity index (χ2n) is 15.8. The summed E-state index contributed by atoms with van der Waals surface area (Å²) >= 11 is 0. The van der Waals surface area contributed by atoms with Gasteiger partial charge in [-0.1, -0.05) is 117 Å². The third-order valence-electron chi connectivity index (χ3n) is 10.9. The standard InChI is InChI=1S/C48H44N4O2.Pt/c1-31-20-21-43-41(24-31)40-18-13-23-50-46(40)52(43)37-28-36(48(2,3)4)29-39(30-37)53-38-26-34(42-19-11-12-22-49-42)25-35(27-38)47-51-44(32-14-7-5-8-15-32)45(54-47)33-16-9-6-10-17-33;/h6,9-13,16-26,28-29,32,44-45H,5,7-8,14-15H2,1-4H3;/q-2;+2/t44-,45-;/m1./s1. The van der Waals surface area contributed by atoms with Gasteiger partial charge < -0.3 is 14.0 Å². The second kappa shape index (κ2) is 15.2. The molecule has 1 aliphatic heterocycles. The molecule has 0 amide bonds. The molecule has 0 spiro atoms. The van der Waals surface area contributed by atoms with Gasteiger partial charge in [-0.05, 0) is 73.1 Å². The number of ether oxygens (including phenoxy) is 2. The number of aryl methyl sites for hydroxylation is 1. The maximum atomic E-state index is 6.84. The van der Waals surface area contributed by atoms with Gasteiger partial charge in [-0.2, -0.15) is 0 Å². The Bertz CT molecular complexity index is 2500. The van der Waals surface area contributed by atoms with Crippen molar-refractivity contribution in [1.82, 2.24) is 14.5 Å². The molecule has 0 saturated heterocycles. The molecule has 0 bridgehead atoms. The molecule has 1 aliphatic carbocycles. The van der Waals surface area contributed by atoms with Crippen molar-refractivity contribution >= 4 is 27.8 Å². The SMILES string of the molecule is Cc1ccc2c(c1)c1cccnc1n2-c1[c-]c(Oc2[c-]c(C3=N[C@H](C4CCCCC4)[C@@H](c4ccccc4)O3)cc(-c3ccccn3)c2)cc(C(C)(C)C)c1.[Pt+2]. The van der Waals surface area contributed by atoms with E-state index in [1.807, 2.05) is 42.7 Å². The zero-order chi connectivity index (χ0) is 36.8. The fourth-order valence-corrected chi connectivity index (χ4v) is 8.15. The maximum absolute atomic E-state index is 6.84. The van der Waals surface area contributed by atoms with Gasteiger partial charge in [-0.25, -0.2) is 4.98 Å². The van der Waals surface area contributed by atoms with Gasteiger partial charge in [0.1, 0.15) is 17.6 Å². The van der Waals surface area contributed by atoms with Gasteiger partial charge in [-0.15, -0.1) is 29.8 Å². The van der Waals surface area contributed by atoms with Crippen LogP contribution in [0.2, 0.25) is 0 Å². The first-order chi connectivity index (χ1) is 26.3. The molecular formula is C48H44N4O2Pt. The maximum Gasteiger partial charge on any atom is 2.00 e. The number of aromatic nitrogens is 3. The molecule has 0 N–H and O–H groups in total. The van der Waals surface area contributed by atoms with Crippen LogP contribution in [-0.2, 0) is 31.2 Å². The molecular weight excluding hydrogens is 860 g/mol. The Hall–Kier alpha value is -5.06. The van der Waals surface area contributed by atoms with Gasteiger partial charge in [0.25, 0.3) is 0 Å². The summed E-state index contributed by atoms with van der Waals surface area (Å²) in [6.45, 7) is 8.78. The van der Waals surface area contributed by atoms with Crippen LogP contribution in [0.3, 0.4) is 0 Å². The first-order valence-electron chi connectivity index (χ1n) is 19.2. The van der Waals surface area contributed by atoms with Crippen LogP contribution in [0.1, 0.15) is 81.2 Å². The smallest absolute Gasteiger partial charge is 0.510 e. The molecule has 2 aliphatic rings. The van der Waals surface area contributed by atoms with E-state index in [0.29, 0.717) is 23.3 Å². The molecule has 3 aromatic heterocycles. The van der Waals surface area contributed by atoms with E-state index in [1.54, 1.807) is 0 Å². The van der Waals surface area contributed by atoms with Crippen molar-refractivity contribution in [2.45, 2.75) is 77.4 Å². The quantitative estimate of drug-likeness (QED) is 0.150. The van der Waals surface area contributed by atoms with Gasteiger partial charge in [0.2, 0.25) is 0 Å². The number of nitrogens with zero attached hydrogens (tertiary/aromatic N) is 4. The molecule has 0 unspecified atom stereocenters. The number of rotatable bonds is 7. The number of pyridine rings is 2. The van der Waals surface area contributed by atoms with Gasteiger partial charge in [0, 0.05) is 34.7 Å². The van der Waals surface area contributed by atoms with Crippen LogP contribution in [0.15, 0.2) is 121 Å². The Morgan fingerprint density at radius 3 is 2.33 bits per heavy atom. The summed E-state index contributed by atoms with van der Waals surface area (Å²) in [5, 5.41) is 2.26. The summed E-state index contributed by atoms with van der Waals surface area (Å²) in [5.41, 5.74) is 8.62. The van der Waals surface area contributed by atoms with Crippen LogP contribution in [0.5, 0.6) is 11.5 Å². The van der Waals surface area contributed by atoms with E-state index in [4.69, 9.17) is 24.4 Å². The summed E-state index contributed by atoms with van der Waals surface area (Å²) < 4.78 is 15.9. The molecule has 4 aromatic carbocycles. The average molecular weight is 904 g/mol. The van der Waals surface area contributed by atoms with Crippen LogP contribution in [0.25, 0.3) is 38.9 Å². The van der Waals surface area contributed by atoms with E-state index in [2.05, 4.69) is 117 Å². The summed E-state index contributed by atoms with van der Waals surface area (Å²) in [6.07, 6.45) is 9.63. The fraction of sp³-hybridized carbons (Fsp3) is 0.271. The van der Waals surface area contributed by atoms with Crippen LogP contribution in [0, 0.1) is 25.0 Å². The number of fused-ring (bicyclic) bond motifs is 3. The van der Waals surface area contributed by atoms with Gasteiger partial charge in [-0.3, -0.25) is 9.98 Å². The van der Waals surface area contributed by atoms with Crippen LogP contribution in [0.4, 0.5) is 0 Å². The minimum Gasteiger partial charge on any atom is -0.510 e. The Morgan fingerprint density at radius 2 is 1.55 bits per heavy atom. The molecule has 7 heteroatoms. The Labute approximate surface area is 337 Å². The summed E-state index contributed by atoms with van der Waals surface area (Å²) in [5.74, 6) is 2.21. The predicted octanol–water partition coefficient (Wildman–Crippen LogP) is 11.7. The van der Waals surface area contributed by atoms with E-state index >= 15 is 0 Å². The van der Waals surface area contributed by atoms with Crippen LogP contribution < -0.4 is 4.74 Å². The van der Waals surface area contributed by atoms with Crippen molar-refractivity contribution in [2.24, 2.45) is 10.9 Å². The Morgan fingerprint density at radius 1 is 0.764 bits per heavy atom. The third kappa shape index (κ3) is 7.37. The monoisotopic (exact) mass is 903 g/mol. The third-order valence-corrected chi connectivity index (χ3v) is 10.9. The van der Waals surface area contributed by atoms with Crippen LogP contribution in [-0.4, -0.2) is 26.5 Å². The number of aliphatic imine (C=N–C) groups is 1. The minimum absolute atomic E-state index is 0. The Kier molecular flexibility index (Phi) is 10.2. The normalized spacial score (nSPS) is 17.5. The Balaban J connectivity index is 0.00000427. The van der Waals surface area contributed by atoms with Crippen LogP contribution >= 0.6 is 0 Å². The van der Waals surface area contributed by atoms with Gasteiger partial charge in [0.05, 0.1) is 17.3 Å².